The molecule has 4 heteroatoms. The molecule has 0 aliphatic heterocycles. The van der Waals surface area contributed by atoms with Crippen molar-refractivity contribution in [2.24, 2.45) is 11.7 Å². The molecule has 0 spiro atoms. The zero-order valence-electron chi connectivity index (χ0n) is 12.7. The molecule has 0 amide bonds. The SMILES string of the molecule is CC1CCCCC1N(C)CCCCC(C)(N)C(=O)O. The number of carboxylic acid groups (broad SMARTS) is 1. The van der Waals surface area contributed by atoms with E-state index in [0.717, 1.165) is 25.3 Å². The predicted octanol–water partition coefficient (Wildman–Crippen LogP) is 2.47. The third kappa shape index (κ3) is 5.11. The summed E-state index contributed by atoms with van der Waals surface area (Å²) < 4.78 is 0. The average molecular weight is 270 g/mol. The minimum absolute atomic E-state index is 0.552. The number of rotatable bonds is 7. The second-order valence-electron chi connectivity index (χ2n) is 6.49. The molecule has 112 valence electrons. The van der Waals surface area contributed by atoms with E-state index in [0.29, 0.717) is 12.5 Å². The molecule has 1 fully saturated rings. The molecule has 0 saturated heterocycles. The lowest BCUT2D eigenvalue weighted by Gasteiger charge is -2.36. The van der Waals surface area contributed by atoms with Gasteiger partial charge in [-0.15, -0.1) is 0 Å². The van der Waals surface area contributed by atoms with Gasteiger partial charge in [-0.1, -0.05) is 19.8 Å². The molecule has 0 aromatic heterocycles. The van der Waals surface area contributed by atoms with Crippen LogP contribution in [0.2, 0.25) is 0 Å². The van der Waals surface area contributed by atoms with Gasteiger partial charge >= 0.3 is 5.97 Å². The Labute approximate surface area is 117 Å². The highest BCUT2D eigenvalue weighted by Gasteiger charge is 2.27. The van der Waals surface area contributed by atoms with Crippen LogP contribution < -0.4 is 5.73 Å². The molecule has 3 atom stereocenters. The molecule has 3 N–H and O–H groups in total. The van der Waals surface area contributed by atoms with Gasteiger partial charge in [0.05, 0.1) is 0 Å². The first-order valence-electron chi connectivity index (χ1n) is 7.57. The molecular formula is C15H30N2O2. The molecule has 0 radical (unpaired) electrons. The van der Waals surface area contributed by atoms with Crippen LogP contribution >= 0.6 is 0 Å². The zero-order chi connectivity index (χ0) is 14.5. The lowest BCUT2D eigenvalue weighted by atomic mass is 9.85. The molecule has 0 aromatic rings. The van der Waals surface area contributed by atoms with Crippen molar-refractivity contribution in [3.05, 3.63) is 0 Å². The van der Waals surface area contributed by atoms with Gasteiger partial charge in [0, 0.05) is 6.04 Å². The topological polar surface area (TPSA) is 66.6 Å². The Bertz CT molecular complexity index is 292. The van der Waals surface area contributed by atoms with Crippen molar-refractivity contribution in [3.63, 3.8) is 0 Å². The van der Waals surface area contributed by atoms with Gasteiger partial charge in [0.25, 0.3) is 0 Å². The molecule has 0 heterocycles. The second kappa shape index (κ2) is 7.25. The van der Waals surface area contributed by atoms with Crippen molar-refractivity contribution < 1.29 is 9.90 Å². The maximum atomic E-state index is 10.9. The van der Waals surface area contributed by atoms with E-state index in [4.69, 9.17) is 10.8 Å². The number of nitrogens with two attached hydrogens (primary N) is 1. The summed E-state index contributed by atoms with van der Waals surface area (Å²) in [5.74, 6) is -0.112. The molecule has 1 saturated carbocycles. The van der Waals surface area contributed by atoms with Crippen LogP contribution in [-0.2, 0) is 4.79 Å². The summed E-state index contributed by atoms with van der Waals surface area (Å²) in [6.45, 7) is 4.99. The minimum atomic E-state index is -1.07. The van der Waals surface area contributed by atoms with Crippen LogP contribution in [0.4, 0.5) is 0 Å². The number of hydrogen-bond donors (Lipinski definition) is 2. The Balaban J connectivity index is 2.23. The largest absolute Gasteiger partial charge is 0.480 e. The van der Waals surface area contributed by atoms with Crippen LogP contribution in [0, 0.1) is 5.92 Å². The first-order chi connectivity index (χ1) is 8.84. The highest BCUT2D eigenvalue weighted by molar-refractivity contribution is 5.77. The fraction of sp³-hybridized carbons (Fsp3) is 0.933. The summed E-state index contributed by atoms with van der Waals surface area (Å²) in [6, 6.07) is 0.706. The first kappa shape index (κ1) is 16.4. The summed E-state index contributed by atoms with van der Waals surface area (Å²) in [6.07, 6.45) is 7.83. The van der Waals surface area contributed by atoms with Crippen molar-refractivity contribution >= 4 is 5.97 Å². The van der Waals surface area contributed by atoms with E-state index in [2.05, 4.69) is 18.9 Å². The zero-order valence-corrected chi connectivity index (χ0v) is 12.7. The fourth-order valence-electron chi connectivity index (χ4n) is 3.08. The van der Waals surface area contributed by atoms with E-state index in [1.54, 1.807) is 6.92 Å². The summed E-state index contributed by atoms with van der Waals surface area (Å²) in [4.78, 5) is 13.4. The van der Waals surface area contributed by atoms with Gasteiger partial charge in [0.15, 0.2) is 0 Å². The Kier molecular flexibility index (Phi) is 6.27. The van der Waals surface area contributed by atoms with E-state index in [-0.39, 0.29) is 0 Å². The van der Waals surface area contributed by atoms with Crippen molar-refractivity contribution in [2.45, 2.75) is 70.4 Å². The second-order valence-corrected chi connectivity index (χ2v) is 6.49. The van der Waals surface area contributed by atoms with Crippen molar-refractivity contribution in [2.75, 3.05) is 13.6 Å². The quantitative estimate of drug-likeness (QED) is 0.697. The lowest BCUT2D eigenvalue weighted by Crippen LogP contribution is -2.45. The van der Waals surface area contributed by atoms with Crippen LogP contribution in [0.15, 0.2) is 0 Å². The van der Waals surface area contributed by atoms with E-state index in [9.17, 15) is 4.79 Å². The molecule has 1 rings (SSSR count). The standard InChI is InChI=1S/C15H30N2O2/c1-12-8-4-5-9-13(12)17(3)11-7-6-10-15(2,16)14(18)19/h12-13H,4-11,16H2,1-3H3,(H,18,19). The van der Waals surface area contributed by atoms with Crippen LogP contribution in [0.25, 0.3) is 0 Å². The average Bonchev–Trinajstić information content (AvgIpc) is 2.34. The summed E-state index contributed by atoms with van der Waals surface area (Å²) >= 11 is 0. The lowest BCUT2D eigenvalue weighted by molar-refractivity contribution is -0.142. The van der Waals surface area contributed by atoms with E-state index in [1.807, 2.05) is 0 Å². The monoisotopic (exact) mass is 270 g/mol. The smallest absolute Gasteiger partial charge is 0.323 e. The Morgan fingerprint density at radius 2 is 2.00 bits per heavy atom. The maximum absolute atomic E-state index is 10.9. The summed E-state index contributed by atoms with van der Waals surface area (Å²) in [5.41, 5.74) is 4.66. The molecule has 0 bridgehead atoms. The Morgan fingerprint density at radius 3 is 2.58 bits per heavy atom. The number of aliphatic carboxylic acids is 1. The predicted molar refractivity (Wildman–Crippen MR) is 78.1 cm³/mol. The van der Waals surface area contributed by atoms with Crippen LogP contribution in [-0.4, -0.2) is 41.1 Å². The van der Waals surface area contributed by atoms with Gasteiger partial charge in [0.2, 0.25) is 0 Å². The van der Waals surface area contributed by atoms with Crippen LogP contribution in [0.5, 0.6) is 0 Å². The van der Waals surface area contributed by atoms with Gasteiger partial charge in [0.1, 0.15) is 5.54 Å². The number of hydrogen-bond acceptors (Lipinski definition) is 3. The Morgan fingerprint density at radius 1 is 1.37 bits per heavy atom. The van der Waals surface area contributed by atoms with Gasteiger partial charge in [-0.25, -0.2) is 0 Å². The van der Waals surface area contributed by atoms with E-state index in [1.165, 1.54) is 25.7 Å². The fourth-order valence-corrected chi connectivity index (χ4v) is 3.08. The number of carbonyl (C=O) groups is 1. The third-order valence-corrected chi connectivity index (χ3v) is 4.58. The maximum Gasteiger partial charge on any atom is 0.323 e. The molecule has 4 nitrogen and oxygen atoms in total. The molecule has 19 heavy (non-hydrogen) atoms. The summed E-state index contributed by atoms with van der Waals surface area (Å²) in [5, 5.41) is 8.95. The Hall–Kier alpha value is -0.610. The number of carboxylic acids is 1. The van der Waals surface area contributed by atoms with Crippen molar-refractivity contribution in [1.82, 2.24) is 4.90 Å². The van der Waals surface area contributed by atoms with Gasteiger partial charge in [-0.3, -0.25) is 4.79 Å². The first-order valence-corrected chi connectivity index (χ1v) is 7.57. The molecule has 0 aromatic carbocycles. The summed E-state index contributed by atoms with van der Waals surface area (Å²) in [7, 11) is 2.20. The van der Waals surface area contributed by atoms with E-state index < -0.39 is 11.5 Å². The van der Waals surface area contributed by atoms with Crippen LogP contribution in [0.3, 0.4) is 0 Å². The van der Waals surface area contributed by atoms with Gasteiger partial charge in [-0.2, -0.15) is 0 Å². The number of nitrogens with zero attached hydrogens (tertiary/aromatic N) is 1. The van der Waals surface area contributed by atoms with E-state index >= 15 is 0 Å². The molecule has 1 aliphatic carbocycles. The van der Waals surface area contributed by atoms with Gasteiger partial charge in [-0.05, 0) is 58.5 Å². The normalized spacial score (nSPS) is 27.2. The highest BCUT2D eigenvalue weighted by atomic mass is 16.4. The molecule has 1 aliphatic rings. The van der Waals surface area contributed by atoms with Gasteiger partial charge < -0.3 is 15.7 Å². The van der Waals surface area contributed by atoms with Crippen molar-refractivity contribution in [3.8, 4) is 0 Å². The minimum Gasteiger partial charge on any atom is -0.480 e. The third-order valence-electron chi connectivity index (χ3n) is 4.58. The van der Waals surface area contributed by atoms with Crippen LogP contribution in [0.1, 0.15) is 58.8 Å². The molecule has 3 unspecified atom stereocenters. The molecular weight excluding hydrogens is 240 g/mol. The highest BCUT2D eigenvalue weighted by Crippen LogP contribution is 2.27. The number of unbranched alkanes of at least 4 members (excludes halogenated alkanes) is 1. The van der Waals surface area contributed by atoms with Crippen molar-refractivity contribution in [1.29, 1.82) is 0 Å².